The predicted molar refractivity (Wildman–Crippen MR) is 82.4 cm³/mol. The van der Waals surface area contributed by atoms with Crippen LogP contribution in [0.15, 0.2) is 18.2 Å². The zero-order chi connectivity index (χ0) is 14.6. The molecule has 0 radical (unpaired) electrons. The van der Waals surface area contributed by atoms with Crippen LogP contribution in [0.1, 0.15) is 18.4 Å². The second-order valence-corrected chi connectivity index (χ2v) is 8.60. The third-order valence-electron chi connectivity index (χ3n) is 3.03. The summed E-state index contributed by atoms with van der Waals surface area (Å²) in [5.41, 5.74) is 0.598. The molecular weight excluding hydrogens is 320 g/mol. The minimum atomic E-state index is -3.57. The van der Waals surface area contributed by atoms with Crippen molar-refractivity contribution in [2.75, 3.05) is 18.6 Å². The molecule has 0 aromatic heterocycles. The van der Waals surface area contributed by atoms with E-state index in [0.717, 1.165) is 24.3 Å². The van der Waals surface area contributed by atoms with Crippen molar-refractivity contribution < 1.29 is 17.9 Å². The molecule has 0 bridgehead atoms. The van der Waals surface area contributed by atoms with Crippen LogP contribution in [0.25, 0.3) is 0 Å². The van der Waals surface area contributed by atoms with E-state index in [1.165, 1.54) is 0 Å². The molecule has 1 aromatic carbocycles. The van der Waals surface area contributed by atoms with Gasteiger partial charge >= 0.3 is 0 Å². The molecule has 1 saturated heterocycles. The fourth-order valence-corrected chi connectivity index (χ4v) is 4.09. The standard InChI is InChI=1S/C13H17ClO4S2/c1-17-12-3-2-10(9-20(14,15)16)8-13(12)18-11-4-6-19-7-5-11/h2-3,8,11H,4-7,9H2,1H3. The Morgan fingerprint density at radius 1 is 1.30 bits per heavy atom. The van der Waals surface area contributed by atoms with Crippen molar-refractivity contribution in [3.63, 3.8) is 0 Å². The molecule has 1 fully saturated rings. The van der Waals surface area contributed by atoms with Crippen LogP contribution in [0.4, 0.5) is 0 Å². The van der Waals surface area contributed by atoms with Gasteiger partial charge in [0.2, 0.25) is 9.05 Å². The molecule has 1 heterocycles. The van der Waals surface area contributed by atoms with Gasteiger partial charge in [0.25, 0.3) is 0 Å². The molecule has 1 aromatic rings. The van der Waals surface area contributed by atoms with Gasteiger partial charge in [0.1, 0.15) is 6.10 Å². The molecule has 0 spiro atoms. The van der Waals surface area contributed by atoms with Crippen molar-refractivity contribution in [3.05, 3.63) is 23.8 Å². The molecular formula is C13H17ClO4S2. The highest BCUT2D eigenvalue weighted by atomic mass is 35.7. The van der Waals surface area contributed by atoms with E-state index in [2.05, 4.69) is 0 Å². The zero-order valence-corrected chi connectivity index (χ0v) is 13.6. The van der Waals surface area contributed by atoms with Gasteiger partial charge in [-0.15, -0.1) is 0 Å². The molecule has 1 aliphatic heterocycles. The number of rotatable bonds is 5. The SMILES string of the molecule is COc1ccc(CS(=O)(=O)Cl)cc1OC1CCSCC1. The van der Waals surface area contributed by atoms with Crippen LogP contribution < -0.4 is 9.47 Å². The average Bonchev–Trinajstić information content (AvgIpc) is 2.38. The zero-order valence-electron chi connectivity index (χ0n) is 11.2. The quantitative estimate of drug-likeness (QED) is 0.773. The van der Waals surface area contributed by atoms with Gasteiger partial charge in [0, 0.05) is 10.7 Å². The lowest BCUT2D eigenvalue weighted by atomic mass is 10.2. The van der Waals surface area contributed by atoms with Gasteiger partial charge in [-0.1, -0.05) is 6.07 Å². The molecule has 0 atom stereocenters. The first-order chi connectivity index (χ1) is 9.48. The van der Waals surface area contributed by atoms with E-state index < -0.39 is 9.05 Å². The van der Waals surface area contributed by atoms with Gasteiger partial charge in [0.05, 0.1) is 12.9 Å². The number of halogens is 1. The maximum Gasteiger partial charge on any atom is 0.236 e. The number of ether oxygens (including phenoxy) is 2. The van der Waals surface area contributed by atoms with Crippen molar-refractivity contribution in [3.8, 4) is 11.5 Å². The van der Waals surface area contributed by atoms with E-state index >= 15 is 0 Å². The minimum Gasteiger partial charge on any atom is -0.493 e. The Balaban J connectivity index is 2.17. The maximum atomic E-state index is 11.1. The normalized spacial score (nSPS) is 16.9. The third kappa shape index (κ3) is 4.75. The summed E-state index contributed by atoms with van der Waals surface area (Å²) in [6.07, 6.45) is 2.14. The van der Waals surface area contributed by atoms with E-state index in [-0.39, 0.29) is 11.9 Å². The highest BCUT2D eigenvalue weighted by Gasteiger charge is 2.18. The lowest BCUT2D eigenvalue weighted by Gasteiger charge is -2.24. The van der Waals surface area contributed by atoms with E-state index in [0.29, 0.717) is 17.1 Å². The second kappa shape index (κ2) is 6.91. The van der Waals surface area contributed by atoms with Gasteiger partial charge in [0.15, 0.2) is 11.5 Å². The highest BCUT2D eigenvalue weighted by molar-refractivity contribution is 8.13. The number of benzene rings is 1. The number of hydrogen-bond donors (Lipinski definition) is 0. The van der Waals surface area contributed by atoms with Crippen molar-refractivity contribution in [1.82, 2.24) is 0 Å². The van der Waals surface area contributed by atoms with Crippen LogP contribution >= 0.6 is 22.4 Å². The molecule has 0 saturated carbocycles. The largest absolute Gasteiger partial charge is 0.493 e. The Bertz CT molecular complexity index is 553. The van der Waals surface area contributed by atoms with Crippen LogP contribution in [0.3, 0.4) is 0 Å². The van der Waals surface area contributed by atoms with E-state index in [4.69, 9.17) is 20.2 Å². The third-order valence-corrected chi connectivity index (χ3v) is 5.08. The van der Waals surface area contributed by atoms with Crippen LogP contribution in [0, 0.1) is 0 Å². The topological polar surface area (TPSA) is 52.6 Å². The summed E-state index contributed by atoms with van der Waals surface area (Å²) in [6, 6.07) is 5.09. The molecule has 4 nitrogen and oxygen atoms in total. The van der Waals surface area contributed by atoms with Crippen molar-refractivity contribution in [2.45, 2.75) is 24.7 Å². The highest BCUT2D eigenvalue weighted by Crippen LogP contribution is 2.32. The van der Waals surface area contributed by atoms with Crippen molar-refractivity contribution in [1.29, 1.82) is 0 Å². The Kier molecular flexibility index (Phi) is 5.46. The van der Waals surface area contributed by atoms with Gasteiger partial charge in [-0.25, -0.2) is 8.42 Å². The van der Waals surface area contributed by atoms with Crippen molar-refractivity contribution in [2.24, 2.45) is 0 Å². The molecule has 112 valence electrons. The van der Waals surface area contributed by atoms with E-state index in [1.807, 2.05) is 11.8 Å². The summed E-state index contributed by atoms with van der Waals surface area (Å²) in [6.45, 7) is 0. The Morgan fingerprint density at radius 2 is 2.00 bits per heavy atom. The van der Waals surface area contributed by atoms with E-state index in [1.54, 1.807) is 25.3 Å². The summed E-state index contributed by atoms with van der Waals surface area (Å²) < 4.78 is 33.5. The molecule has 2 rings (SSSR count). The van der Waals surface area contributed by atoms with Gasteiger partial charge < -0.3 is 9.47 Å². The predicted octanol–water partition coefficient (Wildman–Crippen LogP) is 3.04. The molecule has 20 heavy (non-hydrogen) atoms. The Labute approximate surface area is 128 Å². The molecule has 0 unspecified atom stereocenters. The van der Waals surface area contributed by atoms with Crippen LogP contribution in [-0.2, 0) is 14.8 Å². The average molecular weight is 337 g/mol. The lowest BCUT2D eigenvalue weighted by Crippen LogP contribution is -2.22. The van der Waals surface area contributed by atoms with Crippen LogP contribution in [-0.4, -0.2) is 33.1 Å². The molecule has 0 N–H and O–H groups in total. The lowest BCUT2D eigenvalue weighted by molar-refractivity contribution is 0.184. The summed E-state index contributed by atoms with van der Waals surface area (Å²) >= 11 is 1.92. The van der Waals surface area contributed by atoms with Gasteiger partial charge in [-0.2, -0.15) is 11.8 Å². The smallest absolute Gasteiger partial charge is 0.236 e. The van der Waals surface area contributed by atoms with E-state index in [9.17, 15) is 8.42 Å². The Morgan fingerprint density at radius 3 is 2.60 bits per heavy atom. The summed E-state index contributed by atoms with van der Waals surface area (Å²) in [7, 11) is 3.28. The van der Waals surface area contributed by atoms with Crippen molar-refractivity contribution >= 4 is 31.5 Å². The molecule has 7 heteroatoms. The first-order valence-electron chi connectivity index (χ1n) is 6.31. The number of hydrogen-bond acceptors (Lipinski definition) is 5. The molecule has 1 aliphatic rings. The first kappa shape index (κ1) is 15.8. The van der Waals surface area contributed by atoms with Gasteiger partial charge in [-0.05, 0) is 42.0 Å². The maximum absolute atomic E-state index is 11.1. The second-order valence-electron chi connectivity index (χ2n) is 4.60. The summed E-state index contributed by atoms with van der Waals surface area (Å²) in [5.74, 6) is 3.15. The molecule has 0 amide bonds. The first-order valence-corrected chi connectivity index (χ1v) is 9.95. The van der Waals surface area contributed by atoms with Gasteiger partial charge in [-0.3, -0.25) is 0 Å². The fourth-order valence-electron chi connectivity index (χ4n) is 2.08. The van der Waals surface area contributed by atoms with Crippen LogP contribution in [0.2, 0.25) is 0 Å². The fraction of sp³-hybridized carbons (Fsp3) is 0.538. The monoisotopic (exact) mass is 336 g/mol. The summed E-state index contributed by atoms with van der Waals surface area (Å²) in [4.78, 5) is 0. The number of thioether (sulfide) groups is 1. The Hall–Kier alpha value is -0.590. The minimum absolute atomic E-state index is 0.160. The number of methoxy groups -OCH3 is 1. The van der Waals surface area contributed by atoms with Crippen LogP contribution in [0.5, 0.6) is 11.5 Å². The summed E-state index contributed by atoms with van der Waals surface area (Å²) in [5, 5.41) is 0. The molecule has 0 aliphatic carbocycles.